The molecule has 5 nitrogen and oxygen atoms in total. The van der Waals surface area contributed by atoms with Crippen LogP contribution in [0.25, 0.3) is 0 Å². The van der Waals surface area contributed by atoms with Crippen molar-refractivity contribution in [2.45, 2.75) is 31.2 Å². The summed E-state index contributed by atoms with van der Waals surface area (Å²) >= 11 is 0. The van der Waals surface area contributed by atoms with Crippen LogP contribution in [0.1, 0.15) is 20.8 Å². The average molecular weight is 292 g/mol. The van der Waals surface area contributed by atoms with Crippen molar-refractivity contribution in [1.29, 1.82) is 0 Å². The lowest BCUT2D eigenvalue weighted by Crippen LogP contribution is -2.42. The Morgan fingerprint density at radius 2 is 1.72 bits per heavy atom. The lowest BCUT2D eigenvalue weighted by molar-refractivity contribution is 0.190. The van der Waals surface area contributed by atoms with Crippen molar-refractivity contribution < 1.29 is 17.9 Å². The lowest BCUT2D eigenvalue weighted by atomic mass is 10.1. The first-order chi connectivity index (χ1) is 8.08. The van der Waals surface area contributed by atoms with Gasteiger partial charge in [-0.15, -0.1) is 0 Å². The van der Waals surface area contributed by atoms with Crippen LogP contribution in [0, 0.1) is 0 Å². The van der Waals surface area contributed by atoms with Gasteiger partial charge in [-0.3, -0.25) is 0 Å². The van der Waals surface area contributed by atoms with Crippen molar-refractivity contribution in [3.8, 4) is 5.75 Å². The summed E-state index contributed by atoms with van der Waals surface area (Å²) in [4.78, 5) is 11.4. The molecule has 1 N–H and O–H groups in total. The number of halogens is 1. The van der Waals surface area contributed by atoms with Gasteiger partial charge in [-0.25, -0.2) is 13.2 Å². The summed E-state index contributed by atoms with van der Waals surface area (Å²) in [6, 6.07) is 5.25. The molecule has 0 saturated carbocycles. The van der Waals surface area contributed by atoms with Crippen LogP contribution in [0.3, 0.4) is 0 Å². The molecule has 0 saturated heterocycles. The largest absolute Gasteiger partial charge is 0.413 e. The molecule has 18 heavy (non-hydrogen) atoms. The molecule has 7 heteroatoms. The van der Waals surface area contributed by atoms with Crippen LogP contribution in [0.2, 0.25) is 0 Å². The molecule has 0 aliphatic heterocycles. The number of carbonyl (C=O) groups is 1. The molecular formula is C11H14ClNO4S. The summed E-state index contributed by atoms with van der Waals surface area (Å²) in [7, 11) is 1.40. The van der Waals surface area contributed by atoms with E-state index in [-0.39, 0.29) is 10.6 Å². The number of rotatable bonds is 2. The molecule has 0 atom stereocenters. The Morgan fingerprint density at radius 3 is 2.11 bits per heavy atom. The number of nitrogens with one attached hydrogen (secondary N) is 1. The highest BCUT2D eigenvalue weighted by Crippen LogP contribution is 2.19. The fourth-order valence-corrected chi connectivity index (χ4v) is 1.88. The third kappa shape index (κ3) is 4.93. The molecule has 100 valence electrons. The van der Waals surface area contributed by atoms with Crippen LogP contribution in [0.5, 0.6) is 5.75 Å². The van der Waals surface area contributed by atoms with E-state index in [2.05, 4.69) is 5.32 Å². The second kappa shape index (κ2) is 5.16. The van der Waals surface area contributed by atoms with E-state index in [1.54, 1.807) is 0 Å². The minimum Gasteiger partial charge on any atom is -0.410 e. The van der Waals surface area contributed by atoms with Crippen molar-refractivity contribution in [3.63, 3.8) is 0 Å². The fraction of sp³-hybridized carbons (Fsp3) is 0.364. The van der Waals surface area contributed by atoms with Crippen LogP contribution < -0.4 is 10.1 Å². The number of ether oxygens (including phenoxy) is 1. The normalized spacial score (nSPS) is 12.0. The van der Waals surface area contributed by atoms with Crippen LogP contribution in [0.15, 0.2) is 29.2 Å². The van der Waals surface area contributed by atoms with Gasteiger partial charge in [0.05, 0.1) is 4.90 Å². The van der Waals surface area contributed by atoms with Gasteiger partial charge in [0.15, 0.2) is 0 Å². The molecule has 0 fully saturated rings. The highest BCUT2D eigenvalue weighted by Gasteiger charge is 2.15. The number of hydrogen-bond donors (Lipinski definition) is 1. The molecule has 0 aliphatic carbocycles. The monoisotopic (exact) mass is 291 g/mol. The van der Waals surface area contributed by atoms with Crippen LogP contribution in [0.4, 0.5) is 4.79 Å². The van der Waals surface area contributed by atoms with Gasteiger partial charge >= 0.3 is 6.09 Å². The lowest BCUT2D eigenvalue weighted by Gasteiger charge is -2.19. The standard InChI is InChI=1S/C11H14ClNO4S/c1-11(2,3)13-10(14)17-8-4-6-9(7-5-8)18(12,15)16/h4-7H,1-3H3,(H,13,14). The maximum atomic E-state index is 11.4. The second-order valence-corrected chi connectivity index (χ2v) is 7.24. The molecule has 0 aromatic heterocycles. The maximum absolute atomic E-state index is 11.4. The molecule has 1 amide bonds. The Hall–Kier alpha value is -1.27. The molecule has 0 spiro atoms. The van der Waals surface area contributed by atoms with E-state index in [1.807, 2.05) is 20.8 Å². The second-order valence-electron chi connectivity index (χ2n) is 4.67. The molecule has 0 aliphatic rings. The van der Waals surface area contributed by atoms with E-state index in [9.17, 15) is 13.2 Å². The van der Waals surface area contributed by atoms with Gasteiger partial charge in [-0.2, -0.15) is 0 Å². The van der Waals surface area contributed by atoms with Gasteiger partial charge in [0.2, 0.25) is 0 Å². The summed E-state index contributed by atoms with van der Waals surface area (Å²) in [5.41, 5.74) is -0.406. The van der Waals surface area contributed by atoms with Gasteiger partial charge in [-0.1, -0.05) is 0 Å². The number of amides is 1. The number of benzene rings is 1. The zero-order chi connectivity index (χ0) is 14.0. The maximum Gasteiger partial charge on any atom is 0.413 e. The number of carbonyl (C=O) groups excluding carboxylic acids is 1. The molecule has 0 unspecified atom stereocenters. The van der Waals surface area contributed by atoms with Crippen LogP contribution in [-0.2, 0) is 9.05 Å². The molecule has 1 aromatic rings. The van der Waals surface area contributed by atoms with Gasteiger partial charge in [0.1, 0.15) is 5.75 Å². The van der Waals surface area contributed by atoms with E-state index >= 15 is 0 Å². The van der Waals surface area contributed by atoms with Crippen molar-refractivity contribution in [2.24, 2.45) is 0 Å². The fourth-order valence-electron chi connectivity index (χ4n) is 1.11. The Bertz CT molecular complexity index is 531. The Balaban J connectivity index is 2.73. The van der Waals surface area contributed by atoms with Crippen molar-refractivity contribution >= 4 is 25.8 Å². The molecule has 0 heterocycles. The minimum atomic E-state index is -3.76. The summed E-state index contributed by atoms with van der Waals surface area (Å²) in [5, 5.41) is 2.61. The van der Waals surface area contributed by atoms with Gasteiger partial charge in [-0.05, 0) is 45.0 Å². The predicted octanol–water partition coefficient (Wildman–Crippen LogP) is 2.50. The third-order valence-electron chi connectivity index (χ3n) is 1.79. The minimum absolute atomic E-state index is 0.0484. The third-order valence-corrected chi connectivity index (χ3v) is 3.16. The zero-order valence-electron chi connectivity index (χ0n) is 10.2. The van der Waals surface area contributed by atoms with Crippen molar-refractivity contribution in [3.05, 3.63) is 24.3 Å². The first-order valence-electron chi connectivity index (χ1n) is 5.13. The summed E-state index contributed by atoms with van der Waals surface area (Å²) in [6.07, 6.45) is -0.607. The van der Waals surface area contributed by atoms with Crippen LogP contribution in [-0.4, -0.2) is 20.0 Å². The van der Waals surface area contributed by atoms with Crippen molar-refractivity contribution in [2.75, 3.05) is 0 Å². The van der Waals surface area contributed by atoms with Gasteiger partial charge < -0.3 is 10.1 Å². The van der Waals surface area contributed by atoms with Gasteiger partial charge in [0.25, 0.3) is 9.05 Å². The highest BCUT2D eigenvalue weighted by atomic mass is 35.7. The average Bonchev–Trinajstić information content (AvgIpc) is 2.13. The molecule has 1 aromatic carbocycles. The molecule has 0 radical (unpaired) electrons. The molecular weight excluding hydrogens is 278 g/mol. The first-order valence-corrected chi connectivity index (χ1v) is 7.43. The van der Waals surface area contributed by atoms with E-state index < -0.39 is 20.7 Å². The summed E-state index contributed by atoms with van der Waals surface area (Å²) in [6.45, 7) is 5.45. The smallest absolute Gasteiger partial charge is 0.410 e. The Labute approximate surface area is 111 Å². The Morgan fingerprint density at radius 1 is 1.22 bits per heavy atom. The SMILES string of the molecule is CC(C)(C)NC(=O)Oc1ccc(S(=O)(=O)Cl)cc1. The summed E-state index contributed by atoms with van der Waals surface area (Å²) in [5.74, 6) is 0.237. The highest BCUT2D eigenvalue weighted by molar-refractivity contribution is 8.13. The Kier molecular flexibility index (Phi) is 4.24. The first kappa shape index (κ1) is 14.8. The van der Waals surface area contributed by atoms with E-state index in [4.69, 9.17) is 15.4 Å². The van der Waals surface area contributed by atoms with E-state index in [0.717, 1.165) is 0 Å². The van der Waals surface area contributed by atoms with E-state index in [0.29, 0.717) is 0 Å². The van der Waals surface area contributed by atoms with Crippen LogP contribution >= 0.6 is 10.7 Å². The quantitative estimate of drug-likeness (QED) is 0.850. The topological polar surface area (TPSA) is 72.5 Å². The molecule has 1 rings (SSSR count). The zero-order valence-corrected chi connectivity index (χ0v) is 11.8. The van der Waals surface area contributed by atoms with E-state index in [1.165, 1.54) is 24.3 Å². The predicted molar refractivity (Wildman–Crippen MR) is 68.4 cm³/mol. The van der Waals surface area contributed by atoms with Gasteiger partial charge in [0, 0.05) is 16.2 Å². The number of hydrogen-bond acceptors (Lipinski definition) is 4. The van der Waals surface area contributed by atoms with Crippen molar-refractivity contribution in [1.82, 2.24) is 5.32 Å². The summed E-state index contributed by atoms with van der Waals surface area (Å²) < 4.78 is 27.0. The molecule has 0 bridgehead atoms.